The molecule has 0 spiro atoms. The Bertz CT molecular complexity index is 109. The van der Waals surface area contributed by atoms with Gasteiger partial charge in [0.25, 0.3) is 0 Å². The summed E-state index contributed by atoms with van der Waals surface area (Å²) in [5.74, 6) is 0.743. The molecule has 58 valence electrons. The fourth-order valence-corrected chi connectivity index (χ4v) is 1.56. The van der Waals surface area contributed by atoms with E-state index in [2.05, 4.69) is 24.6 Å². The summed E-state index contributed by atoms with van der Waals surface area (Å²) in [4.78, 5) is 2.40. The Kier molecular flexibility index (Phi) is 2.94. The van der Waals surface area contributed by atoms with Crippen LogP contribution in [0, 0.1) is 5.92 Å². The molecule has 0 saturated carbocycles. The van der Waals surface area contributed by atoms with Crippen molar-refractivity contribution in [2.75, 3.05) is 20.1 Å². The Morgan fingerprint density at radius 3 is 3.00 bits per heavy atom. The van der Waals surface area contributed by atoms with Crippen LogP contribution in [0.25, 0.3) is 0 Å². The van der Waals surface area contributed by atoms with Crippen molar-refractivity contribution in [1.82, 2.24) is 4.90 Å². The molecule has 0 bridgehead atoms. The lowest BCUT2D eigenvalue weighted by atomic mass is 10.0. The quantitative estimate of drug-likeness (QED) is 0.501. The van der Waals surface area contributed by atoms with E-state index in [0.717, 1.165) is 5.92 Å². The minimum absolute atomic E-state index is 0.743. The third-order valence-electron chi connectivity index (χ3n) is 2.24. The molecule has 0 N–H and O–H groups in total. The summed E-state index contributed by atoms with van der Waals surface area (Å²) in [6.45, 7) is 6.31. The lowest BCUT2D eigenvalue weighted by Gasteiger charge is -2.16. The lowest BCUT2D eigenvalue weighted by molar-refractivity contribution is 0.323. The van der Waals surface area contributed by atoms with Gasteiger partial charge in [0.1, 0.15) is 0 Å². The highest BCUT2D eigenvalue weighted by Gasteiger charge is 2.11. The zero-order valence-electron chi connectivity index (χ0n) is 6.84. The third-order valence-corrected chi connectivity index (χ3v) is 2.24. The zero-order chi connectivity index (χ0) is 7.40. The summed E-state index contributed by atoms with van der Waals surface area (Å²) in [7, 11) is 2.20. The maximum absolute atomic E-state index is 3.83. The van der Waals surface area contributed by atoms with Crippen molar-refractivity contribution < 1.29 is 0 Å². The van der Waals surface area contributed by atoms with Crippen molar-refractivity contribution in [2.45, 2.75) is 19.3 Å². The van der Waals surface area contributed by atoms with Gasteiger partial charge in [-0.1, -0.05) is 12.5 Å². The third kappa shape index (κ3) is 2.14. The molecule has 0 radical (unpaired) electrons. The van der Waals surface area contributed by atoms with Gasteiger partial charge in [-0.3, -0.25) is 0 Å². The molecule has 1 fully saturated rings. The molecule has 10 heavy (non-hydrogen) atoms. The second-order valence-electron chi connectivity index (χ2n) is 3.25. The Morgan fingerprint density at radius 2 is 2.30 bits per heavy atom. The minimum atomic E-state index is 0.743. The number of rotatable bonds is 1. The fourth-order valence-electron chi connectivity index (χ4n) is 1.56. The molecular weight excluding hydrogens is 122 g/mol. The predicted octanol–water partition coefficient (Wildman–Crippen LogP) is 1.90. The molecule has 1 saturated heterocycles. The first-order chi connectivity index (χ1) is 4.83. The second kappa shape index (κ2) is 3.77. The van der Waals surface area contributed by atoms with Gasteiger partial charge in [0.05, 0.1) is 0 Å². The molecule has 0 aromatic heterocycles. The van der Waals surface area contributed by atoms with Gasteiger partial charge >= 0.3 is 0 Å². The summed E-state index contributed by atoms with van der Waals surface area (Å²) >= 11 is 0. The van der Waals surface area contributed by atoms with Crippen molar-refractivity contribution in [3.63, 3.8) is 0 Å². The monoisotopic (exact) mass is 139 g/mol. The first-order valence-corrected chi connectivity index (χ1v) is 4.14. The summed E-state index contributed by atoms with van der Waals surface area (Å²) in [5, 5.41) is 0. The normalized spacial score (nSPS) is 29.5. The van der Waals surface area contributed by atoms with Gasteiger partial charge in [-0.25, -0.2) is 0 Å². The highest BCUT2D eigenvalue weighted by molar-refractivity contribution is 4.82. The van der Waals surface area contributed by atoms with E-state index in [1.165, 1.54) is 32.4 Å². The average molecular weight is 139 g/mol. The van der Waals surface area contributed by atoms with Crippen LogP contribution in [0.4, 0.5) is 0 Å². The molecule has 1 unspecified atom stereocenters. The largest absolute Gasteiger partial charge is 0.306 e. The Hall–Kier alpha value is -0.300. The van der Waals surface area contributed by atoms with E-state index < -0.39 is 0 Å². The molecule has 0 aliphatic carbocycles. The molecule has 1 heteroatoms. The fraction of sp³-hybridized carbons (Fsp3) is 0.778. The van der Waals surface area contributed by atoms with Crippen LogP contribution < -0.4 is 0 Å². The van der Waals surface area contributed by atoms with Crippen LogP contribution in [0.2, 0.25) is 0 Å². The molecule has 1 aliphatic heterocycles. The van der Waals surface area contributed by atoms with Gasteiger partial charge in [0.2, 0.25) is 0 Å². The number of hydrogen-bond donors (Lipinski definition) is 0. The maximum atomic E-state index is 3.83. The highest BCUT2D eigenvalue weighted by atomic mass is 15.1. The van der Waals surface area contributed by atoms with Gasteiger partial charge in [0, 0.05) is 6.54 Å². The van der Waals surface area contributed by atoms with Crippen molar-refractivity contribution in [2.24, 2.45) is 5.92 Å². The Balaban J connectivity index is 2.37. The standard InChI is InChI=1S/C9H17N/c1-3-9-6-4-5-7-10(2)8-9/h3,9H,1,4-8H2,2H3. The van der Waals surface area contributed by atoms with Crippen molar-refractivity contribution >= 4 is 0 Å². The van der Waals surface area contributed by atoms with E-state index in [0.29, 0.717) is 0 Å². The van der Waals surface area contributed by atoms with Crippen LogP contribution in [-0.4, -0.2) is 25.0 Å². The minimum Gasteiger partial charge on any atom is -0.306 e. The summed E-state index contributed by atoms with van der Waals surface area (Å²) < 4.78 is 0. The van der Waals surface area contributed by atoms with Gasteiger partial charge in [-0.15, -0.1) is 6.58 Å². The molecule has 1 nitrogen and oxygen atoms in total. The summed E-state index contributed by atoms with van der Waals surface area (Å²) in [5.41, 5.74) is 0. The first kappa shape index (κ1) is 7.80. The smallest absolute Gasteiger partial charge is 0.00412 e. The van der Waals surface area contributed by atoms with E-state index in [1.807, 2.05) is 0 Å². The molecule has 1 heterocycles. The summed E-state index contributed by atoms with van der Waals surface area (Å²) in [6.07, 6.45) is 6.18. The predicted molar refractivity (Wildman–Crippen MR) is 45.0 cm³/mol. The SMILES string of the molecule is C=CC1CCCCN(C)C1. The highest BCUT2D eigenvalue weighted by Crippen LogP contribution is 2.15. The molecular formula is C9H17N. The van der Waals surface area contributed by atoms with E-state index in [9.17, 15) is 0 Å². The number of nitrogens with zero attached hydrogens (tertiary/aromatic N) is 1. The van der Waals surface area contributed by atoms with Crippen molar-refractivity contribution in [3.05, 3.63) is 12.7 Å². The number of hydrogen-bond acceptors (Lipinski definition) is 1. The van der Waals surface area contributed by atoms with E-state index >= 15 is 0 Å². The van der Waals surface area contributed by atoms with Gasteiger partial charge < -0.3 is 4.90 Å². The average Bonchev–Trinajstić information content (AvgIpc) is 2.13. The van der Waals surface area contributed by atoms with Gasteiger partial charge in [0.15, 0.2) is 0 Å². The van der Waals surface area contributed by atoms with Crippen LogP contribution >= 0.6 is 0 Å². The molecule has 1 atom stereocenters. The lowest BCUT2D eigenvalue weighted by Crippen LogP contribution is -2.22. The number of likely N-dealkylation sites (tertiary alicyclic amines) is 1. The second-order valence-corrected chi connectivity index (χ2v) is 3.25. The maximum Gasteiger partial charge on any atom is 0.00412 e. The van der Waals surface area contributed by atoms with Gasteiger partial charge in [-0.05, 0) is 32.4 Å². The van der Waals surface area contributed by atoms with Crippen molar-refractivity contribution in [3.8, 4) is 0 Å². The van der Waals surface area contributed by atoms with E-state index in [-0.39, 0.29) is 0 Å². The van der Waals surface area contributed by atoms with E-state index in [1.54, 1.807) is 0 Å². The zero-order valence-corrected chi connectivity index (χ0v) is 6.84. The van der Waals surface area contributed by atoms with Crippen LogP contribution in [0.3, 0.4) is 0 Å². The molecule has 0 aromatic rings. The molecule has 0 amide bonds. The summed E-state index contributed by atoms with van der Waals surface area (Å²) in [6, 6.07) is 0. The van der Waals surface area contributed by atoms with Crippen LogP contribution in [-0.2, 0) is 0 Å². The first-order valence-electron chi connectivity index (χ1n) is 4.14. The molecule has 1 aliphatic rings. The van der Waals surface area contributed by atoms with Crippen molar-refractivity contribution in [1.29, 1.82) is 0 Å². The molecule has 1 rings (SSSR count). The Labute approximate surface area is 63.7 Å². The van der Waals surface area contributed by atoms with Crippen LogP contribution in [0.1, 0.15) is 19.3 Å². The van der Waals surface area contributed by atoms with Crippen LogP contribution in [0.15, 0.2) is 12.7 Å². The molecule has 0 aromatic carbocycles. The van der Waals surface area contributed by atoms with Crippen LogP contribution in [0.5, 0.6) is 0 Å². The Morgan fingerprint density at radius 1 is 1.50 bits per heavy atom. The van der Waals surface area contributed by atoms with Gasteiger partial charge in [-0.2, -0.15) is 0 Å². The topological polar surface area (TPSA) is 3.24 Å². The van der Waals surface area contributed by atoms with E-state index in [4.69, 9.17) is 0 Å².